The summed E-state index contributed by atoms with van der Waals surface area (Å²) in [5, 5.41) is 0. The summed E-state index contributed by atoms with van der Waals surface area (Å²) < 4.78 is 31.7. The molecule has 1 aromatic rings. The molecule has 0 radical (unpaired) electrons. The Hall–Kier alpha value is -2.13. The van der Waals surface area contributed by atoms with Crippen molar-refractivity contribution in [2.75, 3.05) is 32.7 Å². The number of sulfonamides is 1. The molecule has 150 valence electrons. The molecule has 2 amide bonds. The highest BCUT2D eigenvalue weighted by Crippen LogP contribution is 2.15. The average Bonchev–Trinajstić information content (AvgIpc) is 2.60. The highest BCUT2D eigenvalue weighted by molar-refractivity contribution is 7.89. The van der Waals surface area contributed by atoms with Crippen LogP contribution in [0, 0.1) is 0 Å². The average molecular weight is 397 g/mol. The molecule has 0 unspecified atom stereocenters. The van der Waals surface area contributed by atoms with Crippen molar-refractivity contribution in [2.45, 2.75) is 38.2 Å². The third-order valence-corrected chi connectivity index (χ3v) is 5.53. The molecule has 1 aliphatic rings. The molecule has 2 rings (SSSR count). The molecule has 9 heteroatoms. The molecule has 0 bridgehead atoms. The number of ether oxygens (including phenoxy) is 1. The van der Waals surface area contributed by atoms with E-state index in [1.165, 1.54) is 24.3 Å². The summed E-state index contributed by atoms with van der Waals surface area (Å²) in [6.45, 7) is 9.02. The van der Waals surface area contributed by atoms with Crippen LogP contribution in [0.25, 0.3) is 0 Å². The van der Waals surface area contributed by atoms with Crippen molar-refractivity contribution in [1.29, 1.82) is 0 Å². The molecule has 0 aliphatic carbocycles. The first-order valence-electron chi connectivity index (χ1n) is 8.90. The Morgan fingerprint density at radius 2 is 1.56 bits per heavy atom. The largest absolute Gasteiger partial charge is 0.444 e. The maximum Gasteiger partial charge on any atom is 0.410 e. The summed E-state index contributed by atoms with van der Waals surface area (Å²) >= 11 is 0. The number of nitrogens with zero attached hydrogens (tertiary/aromatic N) is 2. The molecule has 1 heterocycles. The Morgan fingerprint density at radius 3 is 2.04 bits per heavy atom. The number of hydrogen-bond donors (Lipinski definition) is 1. The van der Waals surface area contributed by atoms with Crippen molar-refractivity contribution < 1.29 is 22.7 Å². The Bertz CT molecular complexity index is 776. The van der Waals surface area contributed by atoms with Crippen LogP contribution in [0.2, 0.25) is 0 Å². The van der Waals surface area contributed by atoms with Gasteiger partial charge in [-0.1, -0.05) is 6.92 Å². The van der Waals surface area contributed by atoms with Gasteiger partial charge < -0.3 is 14.5 Å². The molecule has 0 aromatic heterocycles. The maximum absolute atomic E-state index is 12.6. The number of carbonyl (C=O) groups is 2. The minimum absolute atomic E-state index is 0.121. The van der Waals surface area contributed by atoms with Gasteiger partial charge in [0.05, 0.1) is 4.90 Å². The van der Waals surface area contributed by atoms with Gasteiger partial charge in [0.25, 0.3) is 5.91 Å². The summed E-state index contributed by atoms with van der Waals surface area (Å²) in [4.78, 5) is 28.1. The summed E-state index contributed by atoms with van der Waals surface area (Å²) in [7, 11) is -3.54. The topological polar surface area (TPSA) is 96.0 Å². The minimum Gasteiger partial charge on any atom is -0.444 e. The van der Waals surface area contributed by atoms with Crippen LogP contribution in [0.5, 0.6) is 0 Å². The van der Waals surface area contributed by atoms with Crippen LogP contribution in [-0.2, 0) is 14.8 Å². The zero-order valence-electron chi connectivity index (χ0n) is 16.2. The van der Waals surface area contributed by atoms with Crippen LogP contribution in [-0.4, -0.2) is 68.5 Å². The normalized spacial score (nSPS) is 15.6. The van der Waals surface area contributed by atoms with Gasteiger partial charge in [-0.3, -0.25) is 4.79 Å². The van der Waals surface area contributed by atoms with Crippen LogP contribution in [0.4, 0.5) is 4.79 Å². The Balaban J connectivity index is 1.97. The zero-order valence-corrected chi connectivity index (χ0v) is 17.0. The third-order valence-electron chi connectivity index (χ3n) is 3.96. The number of carbonyl (C=O) groups excluding carboxylic acids is 2. The van der Waals surface area contributed by atoms with Crippen molar-refractivity contribution in [2.24, 2.45) is 0 Å². The predicted molar refractivity (Wildman–Crippen MR) is 101 cm³/mol. The maximum atomic E-state index is 12.6. The van der Waals surface area contributed by atoms with Crippen molar-refractivity contribution in [3.63, 3.8) is 0 Å². The van der Waals surface area contributed by atoms with Crippen LogP contribution < -0.4 is 4.72 Å². The summed E-state index contributed by atoms with van der Waals surface area (Å²) in [6, 6.07) is 5.85. The molecule has 0 saturated carbocycles. The number of benzene rings is 1. The van der Waals surface area contributed by atoms with E-state index < -0.39 is 15.6 Å². The van der Waals surface area contributed by atoms with E-state index in [0.717, 1.165) is 0 Å². The lowest BCUT2D eigenvalue weighted by Gasteiger charge is -2.35. The van der Waals surface area contributed by atoms with E-state index >= 15 is 0 Å². The van der Waals surface area contributed by atoms with Gasteiger partial charge in [0.2, 0.25) is 10.0 Å². The number of nitrogens with one attached hydrogen (secondary N) is 1. The van der Waals surface area contributed by atoms with Gasteiger partial charge in [-0.25, -0.2) is 17.9 Å². The van der Waals surface area contributed by atoms with Gasteiger partial charge in [0.1, 0.15) is 5.60 Å². The van der Waals surface area contributed by atoms with E-state index in [2.05, 4.69) is 4.72 Å². The van der Waals surface area contributed by atoms with Crippen LogP contribution in [0.1, 0.15) is 38.1 Å². The predicted octanol–water partition coefficient (Wildman–Crippen LogP) is 1.68. The molecular formula is C18H27N3O5S. The Morgan fingerprint density at radius 1 is 1.04 bits per heavy atom. The van der Waals surface area contributed by atoms with E-state index in [1.54, 1.807) is 16.7 Å². The second-order valence-corrected chi connectivity index (χ2v) is 9.05. The molecule has 1 fully saturated rings. The number of hydrogen-bond acceptors (Lipinski definition) is 5. The molecule has 1 aliphatic heterocycles. The SMILES string of the molecule is CCNS(=O)(=O)c1ccc(C(=O)N2CCN(C(=O)OC(C)(C)C)CC2)cc1. The van der Waals surface area contributed by atoms with E-state index in [9.17, 15) is 18.0 Å². The van der Waals surface area contributed by atoms with Crippen LogP contribution >= 0.6 is 0 Å². The van der Waals surface area contributed by atoms with E-state index in [-0.39, 0.29) is 16.9 Å². The second kappa shape index (κ2) is 8.26. The fraction of sp³-hybridized carbons (Fsp3) is 0.556. The van der Waals surface area contributed by atoms with Crippen molar-refractivity contribution in [3.05, 3.63) is 29.8 Å². The quantitative estimate of drug-likeness (QED) is 0.834. The first-order valence-corrected chi connectivity index (χ1v) is 10.4. The number of amides is 2. The Kier molecular flexibility index (Phi) is 6.48. The van der Waals surface area contributed by atoms with Crippen molar-refractivity contribution >= 4 is 22.0 Å². The first kappa shape index (κ1) is 21.2. The fourth-order valence-electron chi connectivity index (χ4n) is 2.65. The molecule has 0 spiro atoms. The monoisotopic (exact) mass is 397 g/mol. The lowest BCUT2D eigenvalue weighted by Crippen LogP contribution is -2.51. The molecule has 27 heavy (non-hydrogen) atoms. The molecule has 1 aromatic carbocycles. The first-order chi connectivity index (χ1) is 12.5. The smallest absolute Gasteiger partial charge is 0.410 e. The fourth-order valence-corrected chi connectivity index (χ4v) is 3.69. The molecule has 8 nitrogen and oxygen atoms in total. The lowest BCUT2D eigenvalue weighted by atomic mass is 10.2. The van der Waals surface area contributed by atoms with Crippen LogP contribution in [0.15, 0.2) is 29.2 Å². The summed E-state index contributed by atoms with van der Waals surface area (Å²) in [5.41, 5.74) is -0.144. The highest BCUT2D eigenvalue weighted by Gasteiger charge is 2.28. The summed E-state index contributed by atoms with van der Waals surface area (Å²) in [6.07, 6.45) is -0.382. The molecule has 1 N–H and O–H groups in total. The van der Waals surface area contributed by atoms with Gasteiger partial charge >= 0.3 is 6.09 Å². The van der Waals surface area contributed by atoms with Gasteiger partial charge in [-0.15, -0.1) is 0 Å². The zero-order chi connectivity index (χ0) is 20.2. The van der Waals surface area contributed by atoms with E-state index in [0.29, 0.717) is 38.3 Å². The highest BCUT2D eigenvalue weighted by atomic mass is 32.2. The van der Waals surface area contributed by atoms with Crippen molar-refractivity contribution in [3.8, 4) is 0 Å². The standard InChI is InChI=1S/C18H27N3O5S/c1-5-19-27(24,25)15-8-6-14(7-9-15)16(22)20-10-12-21(13-11-20)17(23)26-18(2,3)4/h6-9,19H,5,10-13H2,1-4H3. The van der Waals surface area contributed by atoms with E-state index in [4.69, 9.17) is 4.74 Å². The van der Waals surface area contributed by atoms with Gasteiger partial charge in [-0.05, 0) is 45.0 Å². The van der Waals surface area contributed by atoms with Gasteiger partial charge in [0.15, 0.2) is 0 Å². The number of piperazine rings is 1. The van der Waals surface area contributed by atoms with Gasteiger partial charge in [0, 0.05) is 38.3 Å². The third kappa shape index (κ3) is 5.67. The molecule has 1 saturated heterocycles. The molecular weight excluding hydrogens is 370 g/mol. The second-order valence-electron chi connectivity index (χ2n) is 7.29. The van der Waals surface area contributed by atoms with Crippen LogP contribution in [0.3, 0.4) is 0 Å². The van der Waals surface area contributed by atoms with Crippen molar-refractivity contribution in [1.82, 2.24) is 14.5 Å². The summed E-state index contributed by atoms with van der Waals surface area (Å²) in [5.74, 6) is -0.189. The minimum atomic E-state index is -3.54. The Labute approximate surface area is 160 Å². The number of rotatable bonds is 4. The lowest BCUT2D eigenvalue weighted by molar-refractivity contribution is 0.0141. The molecule has 0 atom stereocenters. The van der Waals surface area contributed by atoms with E-state index in [1.807, 2.05) is 20.8 Å². The van der Waals surface area contributed by atoms with Gasteiger partial charge in [-0.2, -0.15) is 0 Å².